The number of hydrogen-bond acceptors (Lipinski definition) is 5. The Hall–Kier alpha value is -2.89. The van der Waals surface area contributed by atoms with E-state index in [-0.39, 0.29) is 17.3 Å². The molecule has 8 heteroatoms. The molecule has 1 amide bonds. The summed E-state index contributed by atoms with van der Waals surface area (Å²) in [6.07, 6.45) is -0.717. The minimum absolute atomic E-state index is 0.230. The first-order valence-corrected chi connectivity index (χ1v) is 10.8. The fourth-order valence-corrected chi connectivity index (χ4v) is 4.15. The third-order valence-electron chi connectivity index (χ3n) is 4.40. The van der Waals surface area contributed by atoms with E-state index in [0.717, 1.165) is 5.56 Å². The molecule has 154 valence electrons. The van der Waals surface area contributed by atoms with Crippen LogP contribution in [0.1, 0.15) is 31.9 Å². The minimum Gasteiger partial charge on any atom is -0.481 e. The van der Waals surface area contributed by atoms with Gasteiger partial charge in [-0.05, 0) is 48.9 Å². The molecule has 1 N–H and O–H groups in total. The molecule has 0 radical (unpaired) electrons. The molecular formula is C21H25N3O4S. The van der Waals surface area contributed by atoms with Gasteiger partial charge in [-0.3, -0.25) is 4.79 Å². The number of sulfonamides is 1. The monoisotopic (exact) mass is 415 g/mol. The Labute approximate surface area is 172 Å². The van der Waals surface area contributed by atoms with E-state index >= 15 is 0 Å². The van der Waals surface area contributed by atoms with E-state index in [2.05, 4.69) is 5.32 Å². The molecule has 0 saturated carbocycles. The van der Waals surface area contributed by atoms with Crippen molar-refractivity contribution in [1.29, 1.82) is 5.26 Å². The number of rotatable bonds is 9. The van der Waals surface area contributed by atoms with Crippen LogP contribution in [0, 0.1) is 11.3 Å². The molecule has 0 heterocycles. The topological polar surface area (TPSA) is 99.5 Å². The second-order valence-electron chi connectivity index (χ2n) is 6.35. The highest BCUT2D eigenvalue weighted by Gasteiger charge is 2.21. The average molecular weight is 416 g/mol. The average Bonchev–Trinajstić information content (AvgIpc) is 2.73. The summed E-state index contributed by atoms with van der Waals surface area (Å²) < 4.78 is 32.0. The van der Waals surface area contributed by atoms with Crippen LogP contribution in [0.15, 0.2) is 53.4 Å². The zero-order chi connectivity index (χ0) is 21.4. The number of carbonyl (C=O) groups excluding carboxylic acids is 1. The van der Waals surface area contributed by atoms with Crippen molar-refractivity contribution >= 4 is 15.9 Å². The predicted octanol–water partition coefficient (Wildman–Crippen LogP) is 2.67. The van der Waals surface area contributed by atoms with Crippen LogP contribution in [-0.4, -0.2) is 37.8 Å². The van der Waals surface area contributed by atoms with Gasteiger partial charge >= 0.3 is 0 Å². The van der Waals surface area contributed by atoms with Crippen LogP contribution in [0.4, 0.5) is 0 Å². The van der Waals surface area contributed by atoms with Crippen LogP contribution < -0.4 is 10.1 Å². The molecular weight excluding hydrogens is 390 g/mol. The zero-order valence-corrected chi connectivity index (χ0v) is 17.6. The van der Waals surface area contributed by atoms with Gasteiger partial charge in [0.15, 0.2) is 6.10 Å². The van der Waals surface area contributed by atoms with E-state index in [1.54, 1.807) is 69.3 Å². The summed E-state index contributed by atoms with van der Waals surface area (Å²) in [6.45, 7) is 6.30. The normalized spacial score (nSPS) is 12.2. The van der Waals surface area contributed by atoms with Crippen LogP contribution in [0.2, 0.25) is 0 Å². The fourth-order valence-electron chi connectivity index (χ4n) is 2.69. The Morgan fingerprint density at radius 1 is 1.10 bits per heavy atom. The van der Waals surface area contributed by atoms with Gasteiger partial charge in [0, 0.05) is 19.6 Å². The maximum atomic E-state index is 12.5. The second kappa shape index (κ2) is 10.0. The third-order valence-corrected chi connectivity index (χ3v) is 6.46. The maximum absolute atomic E-state index is 12.5. The van der Waals surface area contributed by atoms with E-state index in [0.29, 0.717) is 24.4 Å². The molecule has 0 spiro atoms. The van der Waals surface area contributed by atoms with Crippen molar-refractivity contribution < 1.29 is 17.9 Å². The highest BCUT2D eigenvalue weighted by atomic mass is 32.2. The van der Waals surface area contributed by atoms with Crippen LogP contribution in [-0.2, 0) is 21.4 Å². The van der Waals surface area contributed by atoms with E-state index in [9.17, 15) is 13.2 Å². The number of amides is 1. The van der Waals surface area contributed by atoms with Crippen molar-refractivity contribution in [3.8, 4) is 11.8 Å². The molecule has 0 fully saturated rings. The molecule has 0 bridgehead atoms. The van der Waals surface area contributed by atoms with Gasteiger partial charge in [-0.15, -0.1) is 0 Å². The van der Waals surface area contributed by atoms with Gasteiger partial charge < -0.3 is 10.1 Å². The van der Waals surface area contributed by atoms with E-state index in [4.69, 9.17) is 10.00 Å². The van der Waals surface area contributed by atoms with Crippen molar-refractivity contribution in [2.45, 2.75) is 38.3 Å². The number of nitrogens with zero attached hydrogens (tertiary/aromatic N) is 2. The Bertz CT molecular complexity index is 960. The number of ether oxygens (including phenoxy) is 1. The lowest BCUT2D eigenvalue weighted by atomic mass is 10.2. The van der Waals surface area contributed by atoms with Crippen molar-refractivity contribution in [3.05, 3.63) is 59.7 Å². The standard InChI is InChI=1S/C21H25N3O4S/c1-4-24(5-2)29(26,27)20-12-8-18(9-13-20)15-23-21(25)16(3)28-19-10-6-17(14-22)7-11-19/h6-13,16H,4-5,15H2,1-3H3,(H,23,25)/t16-/m0/s1. The number of benzene rings is 2. The Balaban J connectivity index is 1.93. The number of nitrogens with one attached hydrogen (secondary N) is 1. The molecule has 0 aliphatic rings. The SMILES string of the molecule is CCN(CC)S(=O)(=O)c1ccc(CNC(=O)[C@H](C)Oc2ccc(C#N)cc2)cc1. The molecule has 0 unspecified atom stereocenters. The predicted molar refractivity (Wildman–Crippen MR) is 110 cm³/mol. The van der Waals surface area contributed by atoms with Crippen LogP contribution in [0.3, 0.4) is 0 Å². The lowest BCUT2D eigenvalue weighted by Crippen LogP contribution is -2.35. The highest BCUT2D eigenvalue weighted by molar-refractivity contribution is 7.89. The van der Waals surface area contributed by atoms with E-state index in [1.807, 2.05) is 6.07 Å². The first kappa shape index (κ1) is 22.4. The van der Waals surface area contributed by atoms with E-state index < -0.39 is 16.1 Å². The van der Waals surface area contributed by atoms with Gasteiger partial charge in [-0.2, -0.15) is 9.57 Å². The van der Waals surface area contributed by atoms with Crippen molar-refractivity contribution in [1.82, 2.24) is 9.62 Å². The van der Waals surface area contributed by atoms with Crippen LogP contribution in [0.5, 0.6) is 5.75 Å². The lowest BCUT2D eigenvalue weighted by Gasteiger charge is -2.18. The third kappa shape index (κ3) is 5.79. The molecule has 0 aromatic heterocycles. The van der Waals surface area contributed by atoms with Gasteiger partial charge in [0.1, 0.15) is 5.75 Å². The minimum atomic E-state index is -3.50. The van der Waals surface area contributed by atoms with Crippen LogP contribution in [0.25, 0.3) is 0 Å². The highest BCUT2D eigenvalue weighted by Crippen LogP contribution is 2.16. The molecule has 2 aromatic carbocycles. The Morgan fingerprint density at radius 3 is 2.21 bits per heavy atom. The summed E-state index contributed by atoms with van der Waals surface area (Å²) in [5, 5.41) is 11.6. The molecule has 7 nitrogen and oxygen atoms in total. The number of carbonyl (C=O) groups is 1. The molecule has 0 aliphatic heterocycles. The van der Waals surface area contributed by atoms with Crippen molar-refractivity contribution in [3.63, 3.8) is 0 Å². The zero-order valence-electron chi connectivity index (χ0n) is 16.8. The van der Waals surface area contributed by atoms with Gasteiger partial charge in [-0.1, -0.05) is 26.0 Å². The largest absolute Gasteiger partial charge is 0.481 e. The molecule has 29 heavy (non-hydrogen) atoms. The summed E-state index contributed by atoms with van der Waals surface area (Å²) in [7, 11) is -3.50. The summed E-state index contributed by atoms with van der Waals surface area (Å²) in [4.78, 5) is 12.5. The van der Waals surface area contributed by atoms with Gasteiger partial charge in [-0.25, -0.2) is 8.42 Å². The Morgan fingerprint density at radius 2 is 1.69 bits per heavy atom. The van der Waals surface area contributed by atoms with Gasteiger partial charge in [0.2, 0.25) is 10.0 Å². The molecule has 1 atom stereocenters. The van der Waals surface area contributed by atoms with Crippen LogP contribution >= 0.6 is 0 Å². The first-order valence-electron chi connectivity index (χ1n) is 9.35. The summed E-state index contributed by atoms with van der Waals surface area (Å²) >= 11 is 0. The summed E-state index contributed by atoms with van der Waals surface area (Å²) in [6, 6.07) is 15.0. The van der Waals surface area contributed by atoms with E-state index in [1.165, 1.54) is 4.31 Å². The summed E-state index contributed by atoms with van der Waals surface area (Å²) in [5.41, 5.74) is 1.29. The maximum Gasteiger partial charge on any atom is 0.261 e. The smallest absolute Gasteiger partial charge is 0.261 e. The molecule has 2 aromatic rings. The van der Waals surface area contributed by atoms with Gasteiger partial charge in [0.25, 0.3) is 5.91 Å². The first-order chi connectivity index (χ1) is 13.8. The van der Waals surface area contributed by atoms with Gasteiger partial charge in [0.05, 0.1) is 16.5 Å². The van der Waals surface area contributed by atoms with Crippen molar-refractivity contribution in [2.75, 3.05) is 13.1 Å². The second-order valence-corrected chi connectivity index (χ2v) is 8.29. The molecule has 0 saturated heterocycles. The number of nitriles is 1. The number of hydrogen-bond donors (Lipinski definition) is 1. The summed E-state index contributed by atoms with van der Waals surface area (Å²) in [5.74, 6) is 0.201. The Kier molecular flexibility index (Phi) is 7.76. The van der Waals surface area contributed by atoms with Crippen molar-refractivity contribution in [2.24, 2.45) is 0 Å². The molecule has 0 aliphatic carbocycles. The fraction of sp³-hybridized carbons (Fsp3) is 0.333. The molecule has 2 rings (SSSR count). The lowest BCUT2D eigenvalue weighted by molar-refractivity contribution is -0.127. The quantitative estimate of drug-likeness (QED) is 0.679.